The van der Waals surface area contributed by atoms with E-state index in [1.165, 1.54) is 0 Å². The number of hydrogen-bond acceptors (Lipinski definition) is 3. The molecule has 0 aromatic heterocycles. The second-order valence-corrected chi connectivity index (χ2v) is 4.91. The Morgan fingerprint density at radius 2 is 2.08 bits per heavy atom. The highest BCUT2D eigenvalue weighted by atomic mass is 32.2. The molecule has 1 aliphatic rings. The quantitative estimate of drug-likeness (QED) is 0.662. The lowest BCUT2D eigenvalue weighted by molar-refractivity contribution is -0.123. The highest BCUT2D eigenvalue weighted by Crippen LogP contribution is 2.08. The number of amides is 1. The van der Waals surface area contributed by atoms with Crippen LogP contribution in [0.2, 0.25) is 0 Å². The smallest absolute Gasteiger partial charge is 0.234 e. The van der Waals surface area contributed by atoms with Crippen LogP contribution < -0.4 is 5.73 Å². The lowest BCUT2D eigenvalue weighted by Crippen LogP contribution is -2.49. The summed E-state index contributed by atoms with van der Waals surface area (Å²) in [5, 5.41) is 0. The minimum absolute atomic E-state index is 0.169. The van der Waals surface area contributed by atoms with Gasteiger partial charge in [0.1, 0.15) is 0 Å². The minimum atomic E-state index is -0.686. The summed E-state index contributed by atoms with van der Waals surface area (Å²) in [7, 11) is -0.686. The molecule has 1 fully saturated rings. The molecule has 13 heavy (non-hydrogen) atoms. The van der Waals surface area contributed by atoms with Crippen molar-refractivity contribution in [1.29, 1.82) is 0 Å². The fourth-order valence-corrected chi connectivity index (χ4v) is 2.68. The molecule has 5 heteroatoms. The normalized spacial score (nSPS) is 22.8. The second kappa shape index (κ2) is 4.72. The highest BCUT2D eigenvalue weighted by Gasteiger charge is 2.25. The molecule has 0 saturated carbocycles. The first-order valence-electron chi connectivity index (χ1n) is 4.53. The van der Waals surface area contributed by atoms with E-state index in [-0.39, 0.29) is 11.9 Å². The second-order valence-electron chi connectivity index (χ2n) is 3.21. The van der Waals surface area contributed by atoms with Crippen LogP contribution in [-0.4, -0.2) is 45.7 Å². The monoisotopic (exact) mass is 204 g/mol. The number of carbonyl (C=O) groups excluding carboxylic acids is 1. The molecule has 2 N–H and O–H groups in total. The Bertz CT molecular complexity index is 210. The van der Waals surface area contributed by atoms with E-state index in [9.17, 15) is 9.00 Å². The maximum atomic E-state index is 11.1. The number of nitrogens with zero attached hydrogens (tertiary/aromatic N) is 1. The number of nitrogens with two attached hydrogens (primary N) is 1. The van der Waals surface area contributed by atoms with Gasteiger partial charge in [-0.3, -0.25) is 13.9 Å². The number of carbonyl (C=O) groups is 1. The fraction of sp³-hybridized carbons (Fsp3) is 0.875. The summed E-state index contributed by atoms with van der Waals surface area (Å²) < 4.78 is 11.1. The predicted molar refractivity (Wildman–Crippen MR) is 52.7 cm³/mol. The summed E-state index contributed by atoms with van der Waals surface area (Å²) in [6.45, 7) is 3.41. The molecule has 1 unspecified atom stereocenters. The van der Waals surface area contributed by atoms with Gasteiger partial charge in [-0.1, -0.05) is 6.92 Å². The van der Waals surface area contributed by atoms with Gasteiger partial charge in [0.25, 0.3) is 0 Å². The van der Waals surface area contributed by atoms with Gasteiger partial charge in [0.2, 0.25) is 5.91 Å². The summed E-state index contributed by atoms with van der Waals surface area (Å²) in [5.41, 5.74) is 5.26. The van der Waals surface area contributed by atoms with E-state index in [4.69, 9.17) is 5.73 Å². The van der Waals surface area contributed by atoms with Crippen molar-refractivity contribution >= 4 is 16.7 Å². The van der Waals surface area contributed by atoms with Crippen LogP contribution in [0.25, 0.3) is 0 Å². The topological polar surface area (TPSA) is 63.4 Å². The van der Waals surface area contributed by atoms with Gasteiger partial charge in [0, 0.05) is 35.4 Å². The molecule has 0 aliphatic carbocycles. The Hall–Kier alpha value is -0.420. The number of hydrogen-bond donors (Lipinski definition) is 1. The molecule has 1 rings (SSSR count). The molecule has 0 aromatic carbocycles. The molecule has 0 spiro atoms. The Kier molecular flexibility index (Phi) is 3.87. The maximum Gasteiger partial charge on any atom is 0.234 e. The Balaban J connectivity index is 2.50. The lowest BCUT2D eigenvalue weighted by Gasteiger charge is -2.31. The predicted octanol–water partition coefficient (Wildman–Crippen LogP) is -0.685. The van der Waals surface area contributed by atoms with E-state index < -0.39 is 10.8 Å². The van der Waals surface area contributed by atoms with E-state index in [2.05, 4.69) is 0 Å². The first kappa shape index (κ1) is 10.7. The van der Waals surface area contributed by atoms with E-state index in [1.54, 1.807) is 0 Å². The molecule has 1 saturated heterocycles. The SMILES string of the molecule is CCC(C(N)=O)N1CCS(=O)CC1. The summed E-state index contributed by atoms with van der Waals surface area (Å²) in [6, 6.07) is -0.169. The molecule has 1 atom stereocenters. The standard InChI is InChI=1S/C8H16N2O2S/c1-2-7(8(9)11)10-3-5-13(12)6-4-10/h7H,2-6H2,1H3,(H2,9,11). The summed E-state index contributed by atoms with van der Waals surface area (Å²) >= 11 is 0. The van der Waals surface area contributed by atoms with Crippen molar-refractivity contribution in [2.24, 2.45) is 5.73 Å². The Morgan fingerprint density at radius 1 is 1.54 bits per heavy atom. The Morgan fingerprint density at radius 3 is 2.46 bits per heavy atom. The average Bonchev–Trinajstić information content (AvgIpc) is 2.09. The number of primary amides is 1. The third kappa shape index (κ3) is 2.77. The number of rotatable bonds is 3. The van der Waals surface area contributed by atoms with Crippen LogP contribution in [0.3, 0.4) is 0 Å². The van der Waals surface area contributed by atoms with Crippen LogP contribution in [0.5, 0.6) is 0 Å². The molecule has 0 bridgehead atoms. The highest BCUT2D eigenvalue weighted by molar-refractivity contribution is 7.85. The van der Waals surface area contributed by atoms with E-state index >= 15 is 0 Å². The van der Waals surface area contributed by atoms with Gasteiger partial charge in [-0.15, -0.1) is 0 Å². The lowest BCUT2D eigenvalue weighted by atomic mass is 10.2. The minimum Gasteiger partial charge on any atom is -0.368 e. The molecule has 4 nitrogen and oxygen atoms in total. The fourth-order valence-electron chi connectivity index (χ4n) is 1.60. The van der Waals surface area contributed by atoms with Crippen molar-refractivity contribution < 1.29 is 9.00 Å². The van der Waals surface area contributed by atoms with Gasteiger partial charge >= 0.3 is 0 Å². The van der Waals surface area contributed by atoms with E-state index in [1.807, 2.05) is 11.8 Å². The molecule has 0 aromatic rings. The molecular weight excluding hydrogens is 188 g/mol. The molecule has 1 aliphatic heterocycles. The molecular formula is C8H16N2O2S. The summed E-state index contributed by atoms with van der Waals surface area (Å²) in [4.78, 5) is 13.0. The van der Waals surface area contributed by atoms with Gasteiger partial charge in [-0.05, 0) is 6.42 Å². The average molecular weight is 204 g/mol. The van der Waals surface area contributed by atoms with Crippen molar-refractivity contribution in [3.8, 4) is 0 Å². The molecule has 1 heterocycles. The van der Waals surface area contributed by atoms with Crippen molar-refractivity contribution in [3.05, 3.63) is 0 Å². The van der Waals surface area contributed by atoms with Crippen LogP contribution in [-0.2, 0) is 15.6 Å². The third-order valence-corrected chi connectivity index (χ3v) is 3.64. The zero-order valence-electron chi connectivity index (χ0n) is 7.86. The van der Waals surface area contributed by atoms with Crippen molar-refractivity contribution in [3.63, 3.8) is 0 Å². The van der Waals surface area contributed by atoms with Crippen molar-refractivity contribution in [2.45, 2.75) is 19.4 Å². The van der Waals surface area contributed by atoms with Gasteiger partial charge in [-0.2, -0.15) is 0 Å². The van der Waals surface area contributed by atoms with Gasteiger partial charge < -0.3 is 5.73 Å². The van der Waals surface area contributed by atoms with Crippen LogP contribution >= 0.6 is 0 Å². The third-order valence-electron chi connectivity index (χ3n) is 2.37. The van der Waals surface area contributed by atoms with Gasteiger partial charge in [-0.25, -0.2) is 0 Å². The summed E-state index contributed by atoms with van der Waals surface area (Å²) in [5.74, 6) is 1.07. The van der Waals surface area contributed by atoms with Crippen LogP contribution in [0.15, 0.2) is 0 Å². The Labute approximate surface area is 80.9 Å². The summed E-state index contributed by atoms with van der Waals surface area (Å²) in [6.07, 6.45) is 0.738. The van der Waals surface area contributed by atoms with Gasteiger partial charge in [0.05, 0.1) is 6.04 Å². The zero-order chi connectivity index (χ0) is 9.84. The van der Waals surface area contributed by atoms with Crippen LogP contribution in [0, 0.1) is 0 Å². The zero-order valence-corrected chi connectivity index (χ0v) is 8.68. The van der Waals surface area contributed by atoms with Crippen LogP contribution in [0.1, 0.15) is 13.3 Å². The van der Waals surface area contributed by atoms with Crippen LogP contribution in [0.4, 0.5) is 0 Å². The van der Waals surface area contributed by atoms with E-state index in [0.717, 1.165) is 19.5 Å². The maximum absolute atomic E-state index is 11.1. The largest absolute Gasteiger partial charge is 0.368 e. The van der Waals surface area contributed by atoms with Crippen molar-refractivity contribution in [2.75, 3.05) is 24.6 Å². The van der Waals surface area contributed by atoms with Crippen molar-refractivity contribution in [1.82, 2.24) is 4.90 Å². The molecule has 76 valence electrons. The van der Waals surface area contributed by atoms with E-state index in [0.29, 0.717) is 11.5 Å². The molecule has 0 radical (unpaired) electrons. The first-order valence-corrected chi connectivity index (χ1v) is 6.02. The first-order chi connectivity index (χ1) is 6.15. The van der Waals surface area contributed by atoms with Gasteiger partial charge in [0.15, 0.2) is 0 Å². The molecule has 1 amide bonds.